The van der Waals surface area contributed by atoms with E-state index in [4.69, 9.17) is 4.74 Å². The Kier molecular flexibility index (Phi) is 4.17. The molecule has 0 spiro atoms. The summed E-state index contributed by atoms with van der Waals surface area (Å²) in [4.78, 5) is 2.25. The van der Waals surface area contributed by atoms with Crippen LogP contribution in [0.5, 0.6) is 0 Å². The van der Waals surface area contributed by atoms with Crippen molar-refractivity contribution in [2.24, 2.45) is 0 Å². The number of aliphatic hydroxyl groups is 1. The van der Waals surface area contributed by atoms with Gasteiger partial charge in [0, 0.05) is 12.0 Å². The molecule has 0 aromatic heterocycles. The number of hydrogen-bond donors (Lipinski definition) is 1. The van der Waals surface area contributed by atoms with Crippen LogP contribution in [-0.2, 0) is 4.74 Å². The number of ether oxygens (including phenoxy) is 1. The molecule has 1 aliphatic rings. The molecule has 1 rings (SSSR count). The monoisotopic (exact) mass is 213 g/mol. The fraction of sp³-hybridized carbons (Fsp3) is 0.833. The third-order valence-corrected chi connectivity index (χ3v) is 3.25. The molecule has 1 atom stereocenters. The molecule has 1 heterocycles. The minimum atomic E-state index is -0.528. The molecular weight excluding hydrogens is 190 g/mol. The number of hydrogen-bond acceptors (Lipinski definition) is 3. The molecule has 1 aliphatic heterocycles. The van der Waals surface area contributed by atoms with Crippen LogP contribution in [0.2, 0.25) is 0 Å². The highest BCUT2D eigenvalue weighted by molar-refractivity contribution is 5.11. The maximum absolute atomic E-state index is 10.3. The lowest BCUT2D eigenvalue weighted by atomic mass is 9.93. The molecular formula is C12H23NO2. The van der Waals surface area contributed by atoms with Crippen molar-refractivity contribution in [3.05, 3.63) is 11.8 Å². The second-order valence-electron chi connectivity index (χ2n) is 4.47. The van der Waals surface area contributed by atoms with E-state index < -0.39 is 6.10 Å². The molecule has 0 aromatic rings. The van der Waals surface area contributed by atoms with Gasteiger partial charge in [0.1, 0.15) is 11.9 Å². The largest absolute Gasteiger partial charge is 0.495 e. The van der Waals surface area contributed by atoms with Gasteiger partial charge >= 0.3 is 0 Å². The highest BCUT2D eigenvalue weighted by atomic mass is 16.5. The molecule has 88 valence electrons. The quantitative estimate of drug-likeness (QED) is 0.755. The van der Waals surface area contributed by atoms with E-state index in [2.05, 4.69) is 32.6 Å². The number of rotatable bonds is 5. The van der Waals surface area contributed by atoms with E-state index in [-0.39, 0.29) is 5.54 Å². The van der Waals surface area contributed by atoms with Crippen LogP contribution >= 0.6 is 0 Å². The first kappa shape index (κ1) is 12.5. The second-order valence-corrected chi connectivity index (χ2v) is 4.47. The van der Waals surface area contributed by atoms with E-state index in [9.17, 15) is 5.11 Å². The van der Waals surface area contributed by atoms with E-state index in [1.54, 1.807) is 0 Å². The van der Waals surface area contributed by atoms with Gasteiger partial charge in [-0.2, -0.15) is 0 Å². The highest BCUT2D eigenvalue weighted by Crippen LogP contribution is 2.26. The zero-order chi connectivity index (χ0) is 11.5. The van der Waals surface area contributed by atoms with Gasteiger partial charge in [-0.05, 0) is 33.0 Å². The first-order valence-electron chi connectivity index (χ1n) is 5.80. The van der Waals surface area contributed by atoms with Gasteiger partial charge in [-0.25, -0.2) is 0 Å². The topological polar surface area (TPSA) is 32.7 Å². The van der Waals surface area contributed by atoms with Crippen LogP contribution in [0.4, 0.5) is 0 Å². The first-order chi connectivity index (χ1) is 7.04. The molecule has 0 saturated carbocycles. The van der Waals surface area contributed by atoms with Crippen molar-refractivity contribution in [3.63, 3.8) is 0 Å². The molecule has 0 bridgehead atoms. The van der Waals surface area contributed by atoms with Gasteiger partial charge in [-0.1, -0.05) is 13.8 Å². The fourth-order valence-electron chi connectivity index (χ4n) is 2.19. The SMILES string of the molecule is CCN(CC)C(C)(C)C(O)C1=CCCO1. The van der Waals surface area contributed by atoms with Gasteiger partial charge in [0.15, 0.2) is 0 Å². The summed E-state index contributed by atoms with van der Waals surface area (Å²) in [6.45, 7) is 10.9. The van der Waals surface area contributed by atoms with Crippen LogP contribution in [0.15, 0.2) is 11.8 Å². The minimum Gasteiger partial charge on any atom is -0.495 e. The molecule has 3 nitrogen and oxygen atoms in total. The Balaban J connectivity index is 2.74. The van der Waals surface area contributed by atoms with E-state index in [1.807, 2.05) is 6.08 Å². The lowest BCUT2D eigenvalue weighted by Crippen LogP contribution is -2.53. The smallest absolute Gasteiger partial charge is 0.128 e. The second kappa shape index (κ2) is 4.99. The maximum Gasteiger partial charge on any atom is 0.128 e. The summed E-state index contributed by atoms with van der Waals surface area (Å²) < 4.78 is 5.42. The summed E-state index contributed by atoms with van der Waals surface area (Å²) in [6.07, 6.45) is 2.39. The summed E-state index contributed by atoms with van der Waals surface area (Å²) in [6, 6.07) is 0. The highest BCUT2D eigenvalue weighted by Gasteiger charge is 2.36. The molecule has 0 saturated heterocycles. The van der Waals surface area contributed by atoms with E-state index in [1.165, 1.54) is 0 Å². The third kappa shape index (κ3) is 2.52. The van der Waals surface area contributed by atoms with E-state index in [0.29, 0.717) is 6.61 Å². The minimum absolute atomic E-state index is 0.264. The molecule has 3 heteroatoms. The Morgan fingerprint density at radius 3 is 2.47 bits per heavy atom. The van der Waals surface area contributed by atoms with Gasteiger partial charge < -0.3 is 9.84 Å². The number of nitrogens with zero attached hydrogens (tertiary/aromatic N) is 1. The standard InChI is InChI=1S/C12H23NO2/c1-5-13(6-2)12(3,4)11(14)10-8-7-9-15-10/h8,11,14H,5-7,9H2,1-4H3. The Morgan fingerprint density at radius 1 is 1.47 bits per heavy atom. The van der Waals surface area contributed by atoms with E-state index in [0.717, 1.165) is 25.3 Å². The number of likely N-dealkylation sites (N-methyl/N-ethyl adjacent to an activating group) is 1. The Labute approximate surface area is 92.7 Å². The molecule has 15 heavy (non-hydrogen) atoms. The normalized spacial score (nSPS) is 18.9. The summed E-state index contributed by atoms with van der Waals surface area (Å²) in [5, 5.41) is 10.3. The van der Waals surface area contributed by atoms with Crippen LogP contribution in [0.3, 0.4) is 0 Å². The van der Waals surface area contributed by atoms with Crippen molar-refractivity contribution in [1.82, 2.24) is 4.90 Å². The van der Waals surface area contributed by atoms with Gasteiger partial charge in [-0.15, -0.1) is 0 Å². The lowest BCUT2D eigenvalue weighted by Gasteiger charge is -2.40. The van der Waals surface area contributed by atoms with Crippen LogP contribution in [0, 0.1) is 0 Å². The van der Waals surface area contributed by atoms with Gasteiger partial charge in [0.05, 0.1) is 6.61 Å². The average Bonchev–Trinajstić information content (AvgIpc) is 2.70. The van der Waals surface area contributed by atoms with Crippen molar-refractivity contribution in [2.75, 3.05) is 19.7 Å². The van der Waals surface area contributed by atoms with Crippen molar-refractivity contribution in [3.8, 4) is 0 Å². The fourth-order valence-corrected chi connectivity index (χ4v) is 2.19. The summed E-state index contributed by atoms with van der Waals surface area (Å²) in [7, 11) is 0. The average molecular weight is 213 g/mol. The van der Waals surface area contributed by atoms with Crippen molar-refractivity contribution < 1.29 is 9.84 Å². The predicted octanol–water partition coefficient (Wildman–Crippen LogP) is 1.77. The molecule has 0 fully saturated rings. The Hall–Kier alpha value is -0.540. The van der Waals surface area contributed by atoms with Crippen molar-refractivity contribution in [2.45, 2.75) is 45.8 Å². The summed E-state index contributed by atoms with van der Waals surface area (Å²) >= 11 is 0. The number of aliphatic hydroxyl groups excluding tert-OH is 1. The van der Waals surface area contributed by atoms with Gasteiger partial charge in [0.2, 0.25) is 0 Å². The van der Waals surface area contributed by atoms with Crippen LogP contribution < -0.4 is 0 Å². The zero-order valence-electron chi connectivity index (χ0n) is 10.3. The van der Waals surface area contributed by atoms with Crippen LogP contribution in [0.25, 0.3) is 0 Å². The first-order valence-corrected chi connectivity index (χ1v) is 5.80. The molecule has 1 unspecified atom stereocenters. The molecule has 0 aromatic carbocycles. The summed E-state index contributed by atoms with van der Waals surface area (Å²) in [5.74, 6) is 0.743. The summed E-state index contributed by atoms with van der Waals surface area (Å²) in [5.41, 5.74) is -0.264. The third-order valence-electron chi connectivity index (χ3n) is 3.25. The van der Waals surface area contributed by atoms with Crippen LogP contribution in [0.1, 0.15) is 34.1 Å². The Morgan fingerprint density at radius 2 is 2.07 bits per heavy atom. The zero-order valence-corrected chi connectivity index (χ0v) is 10.3. The van der Waals surface area contributed by atoms with Gasteiger partial charge in [-0.3, -0.25) is 4.90 Å². The Bertz CT molecular complexity index is 232. The lowest BCUT2D eigenvalue weighted by molar-refractivity contribution is -0.0123. The van der Waals surface area contributed by atoms with Crippen LogP contribution in [-0.4, -0.2) is 41.3 Å². The predicted molar refractivity (Wildman–Crippen MR) is 61.7 cm³/mol. The molecule has 0 radical (unpaired) electrons. The van der Waals surface area contributed by atoms with Crippen molar-refractivity contribution in [1.29, 1.82) is 0 Å². The van der Waals surface area contributed by atoms with Crippen molar-refractivity contribution >= 4 is 0 Å². The molecule has 0 amide bonds. The molecule has 1 N–H and O–H groups in total. The maximum atomic E-state index is 10.3. The van der Waals surface area contributed by atoms with Gasteiger partial charge in [0.25, 0.3) is 0 Å². The van der Waals surface area contributed by atoms with E-state index >= 15 is 0 Å². The molecule has 0 aliphatic carbocycles.